The Balaban J connectivity index is 0.00000225. The van der Waals surface area contributed by atoms with Crippen molar-refractivity contribution in [1.82, 2.24) is 0 Å². The average Bonchev–Trinajstić information content (AvgIpc) is 2.95. The second-order valence-corrected chi connectivity index (χ2v) is 6.85. The molecule has 3 rings (SSSR count). The van der Waals surface area contributed by atoms with E-state index in [2.05, 4.69) is 32.9 Å². The van der Waals surface area contributed by atoms with Crippen LogP contribution in [0.4, 0.5) is 0 Å². The molecule has 0 spiro atoms. The predicted octanol–water partition coefficient (Wildman–Crippen LogP) is 6.15. The van der Waals surface area contributed by atoms with Gasteiger partial charge in [0.05, 0.1) is 13.2 Å². The minimum Gasteiger partial charge on any atom is -0.496 e. The van der Waals surface area contributed by atoms with Gasteiger partial charge >= 0.3 is 0 Å². The molecule has 25 heavy (non-hydrogen) atoms. The van der Waals surface area contributed by atoms with Crippen molar-refractivity contribution in [2.45, 2.75) is 32.7 Å². The molecule has 3 aromatic rings. The van der Waals surface area contributed by atoms with Crippen LogP contribution >= 0.6 is 28.6 Å². The minimum atomic E-state index is -0.436. The molecule has 2 N–H and O–H groups in total. The molecule has 5 heteroatoms. The molecule has 0 amide bonds. The summed E-state index contributed by atoms with van der Waals surface area (Å²) in [5.74, 6) is 1.87. The van der Waals surface area contributed by atoms with Crippen LogP contribution in [0.5, 0.6) is 5.75 Å². The zero-order valence-electron chi connectivity index (χ0n) is 14.8. The normalized spacial score (nSPS) is 12.3. The summed E-state index contributed by atoms with van der Waals surface area (Å²) in [7, 11) is 1.62. The minimum absolute atomic E-state index is 0. The van der Waals surface area contributed by atoms with Gasteiger partial charge < -0.3 is 14.9 Å². The van der Waals surface area contributed by atoms with Crippen molar-refractivity contribution in [3.8, 4) is 5.75 Å². The number of aryl methyl sites for hydroxylation is 1. The molecule has 0 fully saturated rings. The molecule has 1 aromatic heterocycles. The van der Waals surface area contributed by atoms with Crippen LogP contribution in [0.1, 0.15) is 48.3 Å². The van der Waals surface area contributed by atoms with Crippen LogP contribution in [0, 0.1) is 6.92 Å². The van der Waals surface area contributed by atoms with Crippen LogP contribution in [0.3, 0.4) is 0 Å². The van der Waals surface area contributed by atoms with Crippen molar-refractivity contribution in [3.63, 3.8) is 0 Å². The van der Waals surface area contributed by atoms with Gasteiger partial charge in [-0.05, 0) is 60.4 Å². The quantitative estimate of drug-likeness (QED) is 0.546. The summed E-state index contributed by atoms with van der Waals surface area (Å²) in [6.45, 7) is 6.49. The molecule has 2 aromatic carbocycles. The van der Waals surface area contributed by atoms with Gasteiger partial charge in [0.25, 0.3) is 0 Å². The molecular weight excluding hydrogens is 402 g/mol. The Morgan fingerprint density at radius 1 is 1.08 bits per heavy atom. The molecule has 1 atom stereocenters. The molecule has 0 saturated carbocycles. The lowest BCUT2D eigenvalue weighted by Gasteiger charge is -2.14. The maximum Gasteiger partial charge on any atom is 0.134 e. The Labute approximate surface area is 163 Å². The standard InChI is InChI=1S/C20H22ClNO2.BrH/c1-11(2)15-8-13-9-19(24-18(13)7-12(15)3)20(22)16-10-14(21)5-6-17(16)23-4;/h5-11,20H,22H2,1-4H3;1H. The van der Waals surface area contributed by atoms with Crippen LogP contribution < -0.4 is 10.5 Å². The lowest BCUT2D eigenvalue weighted by atomic mass is 9.96. The van der Waals surface area contributed by atoms with Gasteiger partial charge in [-0.3, -0.25) is 0 Å². The van der Waals surface area contributed by atoms with Crippen LogP contribution in [-0.2, 0) is 0 Å². The van der Waals surface area contributed by atoms with Crippen LogP contribution in [0.15, 0.2) is 40.8 Å². The molecule has 3 nitrogen and oxygen atoms in total. The van der Waals surface area contributed by atoms with E-state index in [0.29, 0.717) is 22.5 Å². The maximum absolute atomic E-state index is 6.43. The number of benzene rings is 2. The molecule has 0 radical (unpaired) electrons. The number of rotatable bonds is 4. The molecular formula is C20H23BrClNO2. The van der Waals surface area contributed by atoms with Gasteiger partial charge in [-0.25, -0.2) is 0 Å². The smallest absolute Gasteiger partial charge is 0.134 e. The van der Waals surface area contributed by atoms with Crippen molar-refractivity contribution < 1.29 is 9.15 Å². The summed E-state index contributed by atoms with van der Waals surface area (Å²) in [5.41, 5.74) is 10.6. The summed E-state index contributed by atoms with van der Waals surface area (Å²) in [6, 6.07) is 11.3. The monoisotopic (exact) mass is 423 g/mol. The number of hydrogen-bond donors (Lipinski definition) is 1. The van der Waals surface area contributed by atoms with Gasteiger partial charge in [0, 0.05) is 16.0 Å². The van der Waals surface area contributed by atoms with E-state index in [-0.39, 0.29) is 17.0 Å². The number of furan rings is 1. The Morgan fingerprint density at radius 3 is 2.44 bits per heavy atom. The average molecular weight is 425 g/mol. The SMILES string of the molecule is Br.COc1ccc(Cl)cc1C(N)c1cc2cc(C(C)C)c(C)cc2o1. The van der Waals surface area contributed by atoms with E-state index in [0.717, 1.165) is 16.5 Å². The van der Waals surface area contributed by atoms with E-state index in [1.165, 1.54) is 11.1 Å². The first-order valence-corrected chi connectivity index (χ1v) is 8.41. The zero-order chi connectivity index (χ0) is 17.4. The van der Waals surface area contributed by atoms with Gasteiger partial charge in [-0.1, -0.05) is 25.4 Å². The van der Waals surface area contributed by atoms with Gasteiger partial charge in [0.15, 0.2) is 0 Å². The van der Waals surface area contributed by atoms with Crippen molar-refractivity contribution in [2.75, 3.05) is 7.11 Å². The topological polar surface area (TPSA) is 48.4 Å². The highest BCUT2D eigenvalue weighted by atomic mass is 79.9. The zero-order valence-corrected chi connectivity index (χ0v) is 17.3. The number of fused-ring (bicyclic) bond motifs is 1. The van der Waals surface area contributed by atoms with Crippen LogP contribution in [-0.4, -0.2) is 7.11 Å². The summed E-state index contributed by atoms with van der Waals surface area (Å²) >= 11 is 6.12. The van der Waals surface area contributed by atoms with E-state index < -0.39 is 6.04 Å². The predicted molar refractivity (Wildman–Crippen MR) is 109 cm³/mol. The summed E-state index contributed by atoms with van der Waals surface area (Å²) in [5, 5.41) is 1.69. The van der Waals surface area contributed by atoms with Crippen molar-refractivity contribution >= 4 is 39.6 Å². The van der Waals surface area contributed by atoms with E-state index in [1.54, 1.807) is 13.2 Å². The van der Waals surface area contributed by atoms with Gasteiger partial charge in [-0.2, -0.15) is 0 Å². The van der Waals surface area contributed by atoms with Crippen LogP contribution in [0.2, 0.25) is 5.02 Å². The molecule has 1 heterocycles. The van der Waals surface area contributed by atoms with Crippen molar-refractivity contribution in [3.05, 3.63) is 63.9 Å². The van der Waals surface area contributed by atoms with Crippen LogP contribution in [0.25, 0.3) is 11.0 Å². The summed E-state index contributed by atoms with van der Waals surface area (Å²) in [6.07, 6.45) is 0. The highest BCUT2D eigenvalue weighted by Gasteiger charge is 2.19. The first-order valence-electron chi connectivity index (χ1n) is 8.03. The molecule has 0 aliphatic carbocycles. The second kappa shape index (κ2) is 7.81. The van der Waals surface area contributed by atoms with E-state index in [4.69, 9.17) is 26.5 Å². The molecule has 134 valence electrons. The largest absolute Gasteiger partial charge is 0.496 e. The number of methoxy groups -OCH3 is 1. The first kappa shape index (κ1) is 19.8. The highest BCUT2D eigenvalue weighted by molar-refractivity contribution is 8.93. The lowest BCUT2D eigenvalue weighted by Crippen LogP contribution is -2.12. The number of hydrogen-bond acceptors (Lipinski definition) is 3. The second-order valence-electron chi connectivity index (χ2n) is 6.41. The summed E-state index contributed by atoms with van der Waals surface area (Å²) < 4.78 is 11.4. The molecule has 1 unspecified atom stereocenters. The van der Waals surface area contributed by atoms with Crippen molar-refractivity contribution in [2.24, 2.45) is 5.73 Å². The molecule has 0 bridgehead atoms. The number of nitrogens with two attached hydrogens (primary N) is 1. The van der Waals surface area contributed by atoms with Gasteiger partial charge in [0.2, 0.25) is 0 Å². The number of ether oxygens (including phenoxy) is 1. The van der Waals surface area contributed by atoms with Crippen molar-refractivity contribution in [1.29, 1.82) is 0 Å². The van der Waals surface area contributed by atoms with Gasteiger partial charge in [0.1, 0.15) is 17.1 Å². The van der Waals surface area contributed by atoms with E-state index >= 15 is 0 Å². The third-order valence-electron chi connectivity index (χ3n) is 4.38. The van der Waals surface area contributed by atoms with E-state index in [1.807, 2.05) is 18.2 Å². The fraction of sp³-hybridized carbons (Fsp3) is 0.300. The summed E-state index contributed by atoms with van der Waals surface area (Å²) in [4.78, 5) is 0. The Hall–Kier alpha value is -1.49. The Morgan fingerprint density at radius 2 is 1.80 bits per heavy atom. The Kier molecular flexibility index (Phi) is 6.20. The number of halogens is 2. The van der Waals surface area contributed by atoms with E-state index in [9.17, 15) is 0 Å². The Bertz CT molecular complexity index is 889. The highest BCUT2D eigenvalue weighted by Crippen LogP contribution is 2.34. The third kappa shape index (κ3) is 3.86. The molecule has 0 saturated heterocycles. The fourth-order valence-electron chi connectivity index (χ4n) is 3.10. The molecule has 0 aliphatic rings. The third-order valence-corrected chi connectivity index (χ3v) is 4.61. The van der Waals surface area contributed by atoms with Gasteiger partial charge in [-0.15, -0.1) is 17.0 Å². The lowest BCUT2D eigenvalue weighted by molar-refractivity contribution is 0.404. The molecule has 0 aliphatic heterocycles. The maximum atomic E-state index is 6.43. The first-order chi connectivity index (χ1) is 11.4. The fourth-order valence-corrected chi connectivity index (χ4v) is 3.28.